The number of guanidine groups is 1. The predicted molar refractivity (Wildman–Crippen MR) is 106 cm³/mol. The maximum Gasteiger partial charge on any atom is 0.191 e. The van der Waals surface area contributed by atoms with Crippen molar-refractivity contribution in [2.45, 2.75) is 39.7 Å². The van der Waals surface area contributed by atoms with Gasteiger partial charge in [-0.1, -0.05) is 26.0 Å². The van der Waals surface area contributed by atoms with E-state index >= 15 is 0 Å². The van der Waals surface area contributed by atoms with Crippen LogP contribution >= 0.6 is 11.3 Å². The molecular weight excluding hydrogens is 332 g/mol. The Morgan fingerprint density at radius 3 is 2.84 bits per heavy atom. The van der Waals surface area contributed by atoms with E-state index in [-0.39, 0.29) is 0 Å². The molecule has 0 saturated heterocycles. The Morgan fingerprint density at radius 1 is 1.32 bits per heavy atom. The predicted octanol–water partition coefficient (Wildman–Crippen LogP) is 3.57. The first kappa shape index (κ1) is 19.2. The molecule has 6 heteroatoms. The van der Waals surface area contributed by atoms with Crippen molar-refractivity contribution in [2.75, 3.05) is 20.2 Å². The van der Waals surface area contributed by atoms with Gasteiger partial charge in [-0.25, -0.2) is 9.98 Å². The van der Waals surface area contributed by atoms with Crippen LogP contribution in [0.3, 0.4) is 0 Å². The summed E-state index contributed by atoms with van der Waals surface area (Å²) in [5, 5.41) is 10.0. The third-order valence-electron chi connectivity index (χ3n) is 3.64. The highest BCUT2D eigenvalue weighted by molar-refractivity contribution is 7.09. The smallest absolute Gasteiger partial charge is 0.191 e. The minimum absolute atomic E-state index is 0.494. The molecule has 2 N–H and O–H groups in total. The molecule has 136 valence electrons. The number of nitrogens with zero attached hydrogens (tertiary/aromatic N) is 2. The standard InChI is InChI=1S/C19H28N4OS/c1-5-20-19(22-12-15-7-6-8-17(11-15)24-4)21-10-9-16-13-25-18(23-16)14(2)3/h6-8,11,13-14H,5,9-10,12H2,1-4H3,(H2,20,21,22). The van der Waals surface area contributed by atoms with E-state index in [1.807, 2.05) is 18.2 Å². The van der Waals surface area contributed by atoms with Gasteiger partial charge in [0.1, 0.15) is 5.75 Å². The summed E-state index contributed by atoms with van der Waals surface area (Å²) in [5.41, 5.74) is 2.27. The number of aromatic nitrogens is 1. The van der Waals surface area contributed by atoms with Gasteiger partial charge in [0.15, 0.2) is 5.96 Å². The Hall–Kier alpha value is -2.08. The van der Waals surface area contributed by atoms with Gasteiger partial charge in [0.05, 0.1) is 24.4 Å². The quantitative estimate of drug-likeness (QED) is 0.558. The van der Waals surface area contributed by atoms with Gasteiger partial charge in [-0.05, 0) is 24.6 Å². The number of nitrogens with one attached hydrogen (secondary N) is 2. The molecular formula is C19H28N4OS. The largest absolute Gasteiger partial charge is 0.497 e. The first-order valence-corrected chi connectivity index (χ1v) is 9.59. The molecule has 2 aromatic rings. The van der Waals surface area contributed by atoms with Gasteiger partial charge in [-0.3, -0.25) is 0 Å². The van der Waals surface area contributed by atoms with Gasteiger partial charge in [-0.2, -0.15) is 0 Å². The van der Waals surface area contributed by atoms with Crippen LogP contribution < -0.4 is 15.4 Å². The Kier molecular flexibility index (Phi) is 7.73. The average molecular weight is 361 g/mol. The lowest BCUT2D eigenvalue weighted by Crippen LogP contribution is -2.38. The Bertz CT molecular complexity index is 682. The Balaban J connectivity index is 1.88. The molecule has 1 aromatic heterocycles. The van der Waals surface area contributed by atoms with E-state index in [2.05, 4.69) is 52.8 Å². The number of methoxy groups -OCH3 is 1. The highest BCUT2D eigenvalue weighted by atomic mass is 32.1. The molecule has 0 aliphatic carbocycles. The number of aliphatic imine (C=N–C) groups is 1. The number of hydrogen-bond acceptors (Lipinski definition) is 4. The van der Waals surface area contributed by atoms with Crippen molar-refractivity contribution in [3.63, 3.8) is 0 Å². The molecule has 0 saturated carbocycles. The van der Waals surface area contributed by atoms with E-state index < -0.39 is 0 Å². The van der Waals surface area contributed by atoms with Crippen LogP contribution in [-0.4, -0.2) is 31.1 Å². The van der Waals surface area contributed by atoms with Crippen LogP contribution in [0.5, 0.6) is 5.75 Å². The molecule has 0 unspecified atom stereocenters. The number of ether oxygens (including phenoxy) is 1. The van der Waals surface area contributed by atoms with Crippen molar-refractivity contribution in [3.05, 3.63) is 45.9 Å². The van der Waals surface area contributed by atoms with Crippen LogP contribution in [0.1, 0.15) is 43.0 Å². The van der Waals surface area contributed by atoms with E-state index in [1.54, 1.807) is 18.4 Å². The average Bonchev–Trinajstić information content (AvgIpc) is 3.09. The van der Waals surface area contributed by atoms with E-state index in [4.69, 9.17) is 4.74 Å². The molecule has 1 heterocycles. The van der Waals surface area contributed by atoms with Crippen LogP contribution in [0.4, 0.5) is 0 Å². The minimum atomic E-state index is 0.494. The van der Waals surface area contributed by atoms with Crippen molar-refractivity contribution in [1.82, 2.24) is 15.6 Å². The van der Waals surface area contributed by atoms with Crippen molar-refractivity contribution in [3.8, 4) is 5.75 Å². The van der Waals surface area contributed by atoms with Crippen molar-refractivity contribution in [1.29, 1.82) is 0 Å². The van der Waals surface area contributed by atoms with Crippen molar-refractivity contribution in [2.24, 2.45) is 4.99 Å². The SMILES string of the molecule is CCNC(=NCc1cccc(OC)c1)NCCc1csc(C(C)C)n1. The van der Waals surface area contributed by atoms with Gasteiger partial charge in [0.25, 0.3) is 0 Å². The molecule has 0 aliphatic heterocycles. The summed E-state index contributed by atoms with van der Waals surface area (Å²) in [6, 6.07) is 7.99. The second kappa shape index (κ2) is 10.0. The number of hydrogen-bond donors (Lipinski definition) is 2. The fourth-order valence-electron chi connectivity index (χ4n) is 2.29. The van der Waals surface area contributed by atoms with Gasteiger partial charge in [0.2, 0.25) is 0 Å². The highest BCUT2D eigenvalue weighted by Gasteiger charge is 2.06. The zero-order chi connectivity index (χ0) is 18.1. The lowest BCUT2D eigenvalue weighted by molar-refractivity contribution is 0.414. The van der Waals surface area contributed by atoms with E-state index in [9.17, 15) is 0 Å². The van der Waals surface area contributed by atoms with Gasteiger partial charge in [-0.15, -0.1) is 11.3 Å². The monoisotopic (exact) mass is 360 g/mol. The lowest BCUT2D eigenvalue weighted by Gasteiger charge is -2.11. The van der Waals surface area contributed by atoms with E-state index in [0.717, 1.165) is 42.5 Å². The molecule has 5 nitrogen and oxygen atoms in total. The highest BCUT2D eigenvalue weighted by Crippen LogP contribution is 2.19. The molecule has 0 fully saturated rings. The first-order chi connectivity index (χ1) is 12.1. The molecule has 25 heavy (non-hydrogen) atoms. The van der Waals surface area contributed by atoms with Gasteiger partial charge >= 0.3 is 0 Å². The lowest BCUT2D eigenvalue weighted by atomic mass is 10.2. The summed E-state index contributed by atoms with van der Waals surface area (Å²) in [7, 11) is 1.68. The molecule has 0 atom stereocenters. The van der Waals surface area contributed by atoms with Crippen LogP contribution in [0.25, 0.3) is 0 Å². The molecule has 0 aliphatic rings. The summed E-state index contributed by atoms with van der Waals surface area (Å²) in [5.74, 6) is 2.17. The zero-order valence-corrected chi connectivity index (χ0v) is 16.3. The summed E-state index contributed by atoms with van der Waals surface area (Å²) in [6.07, 6.45) is 0.896. The van der Waals surface area contributed by atoms with Crippen molar-refractivity contribution >= 4 is 17.3 Å². The Morgan fingerprint density at radius 2 is 2.16 bits per heavy atom. The summed E-state index contributed by atoms with van der Waals surface area (Å²) in [4.78, 5) is 9.31. The van der Waals surface area contributed by atoms with E-state index in [0.29, 0.717) is 12.5 Å². The van der Waals surface area contributed by atoms with Crippen LogP contribution in [0.2, 0.25) is 0 Å². The Labute approximate surface area is 154 Å². The fourth-order valence-corrected chi connectivity index (χ4v) is 3.16. The molecule has 0 radical (unpaired) electrons. The molecule has 2 rings (SSSR count). The van der Waals surface area contributed by atoms with Gasteiger partial charge in [0, 0.05) is 30.8 Å². The topological polar surface area (TPSA) is 58.5 Å². The van der Waals surface area contributed by atoms with Crippen LogP contribution in [0, 0.1) is 0 Å². The fraction of sp³-hybridized carbons (Fsp3) is 0.474. The van der Waals surface area contributed by atoms with Crippen LogP contribution in [0.15, 0.2) is 34.6 Å². The molecule has 0 bridgehead atoms. The maximum absolute atomic E-state index is 5.26. The van der Waals surface area contributed by atoms with Gasteiger partial charge < -0.3 is 15.4 Å². The number of rotatable bonds is 8. The number of thiazole rings is 1. The number of benzene rings is 1. The summed E-state index contributed by atoms with van der Waals surface area (Å²) in [6.45, 7) is 8.67. The third kappa shape index (κ3) is 6.38. The molecule has 0 amide bonds. The third-order valence-corrected chi connectivity index (χ3v) is 4.83. The zero-order valence-electron chi connectivity index (χ0n) is 15.5. The van der Waals surface area contributed by atoms with Crippen molar-refractivity contribution < 1.29 is 4.74 Å². The molecule has 0 spiro atoms. The van der Waals surface area contributed by atoms with E-state index in [1.165, 1.54) is 5.01 Å². The normalized spacial score (nSPS) is 11.6. The summed E-state index contributed by atoms with van der Waals surface area (Å²) >= 11 is 1.74. The second-order valence-corrected chi connectivity index (χ2v) is 6.94. The first-order valence-electron chi connectivity index (χ1n) is 8.71. The maximum atomic E-state index is 5.26. The minimum Gasteiger partial charge on any atom is -0.497 e. The van der Waals surface area contributed by atoms with Crippen LogP contribution in [-0.2, 0) is 13.0 Å². The summed E-state index contributed by atoms with van der Waals surface area (Å²) < 4.78 is 5.26. The second-order valence-electron chi connectivity index (χ2n) is 6.06. The molecule has 1 aromatic carbocycles.